The zero-order chi connectivity index (χ0) is 20.4. The minimum absolute atomic E-state index is 0.0147. The molecule has 0 aliphatic heterocycles. The molecule has 29 heavy (non-hydrogen) atoms. The van der Waals surface area contributed by atoms with E-state index < -0.39 is 15.9 Å². The minimum Gasteiger partial charge on any atom is -0.496 e. The first-order valence-corrected chi connectivity index (χ1v) is 10.4. The van der Waals surface area contributed by atoms with Crippen LogP contribution in [0.15, 0.2) is 53.4 Å². The number of anilines is 1. The lowest BCUT2D eigenvalue weighted by atomic mass is 10.2. The number of hydrogen-bond donors (Lipinski definition) is 3. The molecule has 3 aromatic rings. The largest absolute Gasteiger partial charge is 0.496 e. The van der Waals surface area contributed by atoms with Gasteiger partial charge in [-0.05, 0) is 43.2 Å². The maximum atomic E-state index is 12.6. The molecule has 0 saturated heterocycles. The number of nitrogens with one attached hydrogen (secondary N) is 3. The van der Waals surface area contributed by atoms with E-state index in [1.165, 1.54) is 24.3 Å². The lowest BCUT2D eigenvalue weighted by molar-refractivity contribution is 0.102. The number of para-hydroxylation sites is 1. The van der Waals surface area contributed by atoms with Gasteiger partial charge in [0, 0.05) is 11.6 Å². The lowest BCUT2D eigenvalue weighted by Crippen LogP contribution is -2.26. The van der Waals surface area contributed by atoms with Gasteiger partial charge in [0.25, 0.3) is 5.91 Å². The van der Waals surface area contributed by atoms with Crippen molar-refractivity contribution in [1.29, 1.82) is 0 Å². The Morgan fingerprint density at radius 2 is 1.97 bits per heavy atom. The number of hydrogen-bond acceptors (Lipinski definition) is 6. The number of carbonyl (C=O) groups is 1. The Balaban J connectivity index is 1.52. The zero-order valence-electron chi connectivity index (χ0n) is 15.5. The Morgan fingerprint density at radius 1 is 1.17 bits per heavy atom. The quantitative estimate of drug-likeness (QED) is 0.545. The summed E-state index contributed by atoms with van der Waals surface area (Å²) in [6.07, 6.45) is 1.66. The van der Waals surface area contributed by atoms with Crippen molar-refractivity contribution in [3.8, 4) is 17.1 Å². The molecule has 2 aromatic carbocycles. The molecule has 1 heterocycles. The van der Waals surface area contributed by atoms with E-state index >= 15 is 0 Å². The van der Waals surface area contributed by atoms with E-state index in [1.807, 2.05) is 18.2 Å². The van der Waals surface area contributed by atoms with Gasteiger partial charge in [-0.2, -0.15) is 4.98 Å². The highest BCUT2D eigenvalue weighted by atomic mass is 32.2. The monoisotopic (exact) mass is 413 g/mol. The number of amides is 1. The second-order valence-electron chi connectivity index (χ2n) is 6.59. The molecule has 1 amide bonds. The molecule has 1 aliphatic rings. The number of benzene rings is 2. The first kappa shape index (κ1) is 19.1. The summed E-state index contributed by atoms with van der Waals surface area (Å²) in [5, 5.41) is 9.32. The number of ether oxygens (including phenoxy) is 1. The van der Waals surface area contributed by atoms with E-state index in [0.29, 0.717) is 17.1 Å². The number of carbonyl (C=O) groups excluding carboxylic acids is 1. The van der Waals surface area contributed by atoms with Crippen LogP contribution in [0.4, 0.5) is 5.95 Å². The van der Waals surface area contributed by atoms with Crippen molar-refractivity contribution in [3.63, 3.8) is 0 Å². The molecule has 9 nitrogen and oxygen atoms in total. The van der Waals surface area contributed by atoms with Gasteiger partial charge < -0.3 is 4.74 Å². The molecular formula is C19H19N5O4S. The second-order valence-corrected chi connectivity index (χ2v) is 8.30. The molecule has 1 aliphatic carbocycles. The molecule has 150 valence electrons. The fraction of sp³-hybridized carbons (Fsp3) is 0.211. The van der Waals surface area contributed by atoms with Crippen LogP contribution in [0.2, 0.25) is 0 Å². The summed E-state index contributed by atoms with van der Waals surface area (Å²) < 4.78 is 32.6. The van der Waals surface area contributed by atoms with Gasteiger partial charge in [-0.25, -0.2) is 13.1 Å². The smallest absolute Gasteiger partial charge is 0.258 e. The van der Waals surface area contributed by atoms with Crippen LogP contribution in [-0.2, 0) is 10.0 Å². The summed E-state index contributed by atoms with van der Waals surface area (Å²) in [6, 6.07) is 13.1. The van der Waals surface area contributed by atoms with Crippen LogP contribution in [-0.4, -0.2) is 42.7 Å². The summed E-state index contributed by atoms with van der Waals surface area (Å²) in [5.74, 6) is 0.602. The number of H-pyrrole nitrogens is 1. The van der Waals surface area contributed by atoms with Gasteiger partial charge in [0.1, 0.15) is 5.75 Å². The van der Waals surface area contributed by atoms with Crippen molar-refractivity contribution < 1.29 is 17.9 Å². The van der Waals surface area contributed by atoms with Crippen LogP contribution in [0.25, 0.3) is 11.4 Å². The Morgan fingerprint density at radius 3 is 2.72 bits per heavy atom. The fourth-order valence-corrected chi connectivity index (χ4v) is 4.10. The predicted octanol–water partition coefficient (Wildman–Crippen LogP) is 2.17. The lowest BCUT2D eigenvalue weighted by Gasteiger charge is -2.07. The molecule has 10 heteroatoms. The van der Waals surface area contributed by atoms with Crippen LogP contribution in [0.1, 0.15) is 23.2 Å². The highest BCUT2D eigenvalue weighted by Crippen LogP contribution is 2.27. The molecular weight excluding hydrogens is 394 g/mol. The fourth-order valence-electron chi connectivity index (χ4n) is 2.75. The Kier molecular flexibility index (Phi) is 5.03. The van der Waals surface area contributed by atoms with Gasteiger partial charge in [0.05, 0.1) is 17.6 Å². The van der Waals surface area contributed by atoms with Gasteiger partial charge in [0.15, 0.2) is 5.82 Å². The van der Waals surface area contributed by atoms with Crippen LogP contribution < -0.4 is 14.8 Å². The molecule has 0 radical (unpaired) electrons. The Hall–Kier alpha value is -3.24. The van der Waals surface area contributed by atoms with Crippen molar-refractivity contribution in [1.82, 2.24) is 19.9 Å². The molecule has 4 rings (SSSR count). The molecule has 0 spiro atoms. The van der Waals surface area contributed by atoms with E-state index in [-0.39, 0.29) is 22.4 Å². The van der Waals surface area contributed by atoms with Crippen molar-refractivity contribution >= 4 is 21.9 Å². The van der Waals surface area contributed by atoms with E-state index in [9.17, 15) is 13.2 Å². The molecule has 0 unspecified atom stereocenters. The van der Waals surface area contributed by atoms with Crippen molar-refractivity contribution in [2.45, 2.75) is 23.8 Å². The molecule has 0 bridgehead atoms. The summed E-state index contributed by atoms with van der Waals surface area (Å²) in [5.41, 5.74) is 0.884. The second kappa shape index (κ2) is 7.64. The van der Waals surface area contributed by atoms with Gasteiger partial charge in [-0.3, -0.25) is 15.2 Å². The summed E-state index contributed by atoms with van der Waals surface area (Å²) in [4.78, 5) is 16.9. The van der Waals surface area contributed by atoms with E-state index in [1.54, 1.807) is 13.2 Å². The maximum Gasteiger partial charge on any atom is 0.258 e. The molecule has 0 atom stereocenters. The number of methoxy groups -OCH3 is 1. The number of aromatic amines is 1. The van der Waals surface area contributed by atoms with E-state index in [2.05, 4.69) is 25.2 Å². The summed E-state index contributed by atoms with van der Waals surface area (Å²) in [6.45, 7) is 0. The van der Waals surface area contributed by atoms with Crippen molar-refractivity contribution in [2.24, 2.45) is 0 Å². The van der Waals surface area contributed by atoms with Crippen molar-refractivity contribution in [3.05, 3.63) is 54.1 Å². The van der Waals surface area contributed by atoms with Crippen LogP contribution in [0.5, 0.6) is 5.75 Å². The molecule has 1 aromatic heterocycles. The van der Waals surface area contributed by atoms with E-state index in [4.69, 9.17) is 4.74 Å². The SMILES string of the molecule is COc1ccccc1-c1nc(NC(=O)c2cccc(S(=O)(=O)NC3CC3)c2)n[nH]1. The number of aromatic nitrogens is 3. The van der Waals surface area contributed by atoms with Gasteiger partial charge in [0.2, 0.25) is 16.0 Å². The standard InChI is InChI=1S/C19H19N5O4S/c1-28-16-8-3-2-7-15(16)17-20-19(23-22-17)21-18(25)12-5-4-6-14(11-12)29(26,27)24-13-9-10-13/h2-8,11,13,24H,9-10H2,1H3,(H2,20,21,22,23,25). The number of nitrogens with zero attached hydrogens (tertiary/aromatic N) is 2. The summed E-state index contributed by atoms with van der Waals surface area (Å²) >= 11 is 0. The first-order valence-electron chi connectivity index (χ1n) is 8.96. The van der Waals surface area contributed by atoms with Gasteiger partial charge in [-0.1, -0.05) is 18.2 Å². The predicted molar refractivity (Wildman–Crippen MR) is 106 cm³/mol. The topological polar surface area (TPSA) is 126 Å². The highest BCUT2D eigenvalue weighted by molar-refractivity contribution is 7.89. The molecule has 3 N–H and O–H groups in total. The van der Waals surface area contributed by atoms with Crippen LogP contribution in [0.3, 0.4) is 0 Å². The third-order valence-corrected chi connectivity index (χ3v) is 5.90. The minimum atomic E-state index is -3.65. The first-order chi connectivity index (χ1) is 14.0. The normalized spacial score (nSPS) is 13.8. The zero-order valence-corrected chi connectivity index (χ0v) is 16.4. The van der Waals surface area contributed by atoms with Crippen molar-refractivity contribution in [2.75, 3.05) is 12.4 Å². The highest BCUT2D eigenvalue weighted by Gasteiger charge is 2.28. The van der Waals surface area contributed by atoms with E-state index in [0.717, 1.165) is 12.8 Å². The average molecular weight is 413 g/mol. The summed E-state index contributed by atoms with van der Waals surface area (Å²) in [7, 11) is -2.09. The molecule has 1 saturated carbocycles. The molecule has 1 fully saturated rings. The van der Waals surface area contributed by atoms with Gasteiger partial charge >= 0.3 is 0 Å². The Labute approximate surface area is 167 Å². The van der Waals surface area contributed by atoms with Gasteiger partial charge in [-0.15, -0.1) is 5.10 Å². The Bertz CT molecular complexity index is 1150. The third-order valence-electron chi connectivity index (χ3n) is 4.38. The number of rotatable bonds is 7. The third kappa shape index (κ3) is 4.28. The maximum absolute atomic E-state index is 12.6. The van der Waals surface area contributed by atoms with Crippen LogP contribution >= 0.6 is 0 Å². The van der Waals surface area contributed by atoms with Crippen LogP contribution in [0, 0.1) is 0 Å². The number of sulfonamides is 1. The average Bonchev–Trinajstić information content (AvgIpc) is 3.41.